The molecule has 0 bridgehead atoms. The van der Waals surface area contributed by atoms with E-state index in [1.54, 1.807) is 13.2 Å². The summed E-state index contributed by atoms with van der Waals surface area (Å²) in [7, 11) is 1.61. The van der Waals surface area contributed by atoms with Crippen LogP contribution >= 0.6 is 0 Å². The molecule has 7 nitrogen and oxygen atoms in total. The molecule has 0 atom stereocenters. The van der Waals surface area contributed by atoms with Crippen LogP contribution in [0.25, 0.3) is 10.8 Å². The maximum atomic E-state index is 12.7. The number of aromatic hydroxyl groups is 1. The zero-order valence-corrected chi connectivity index (χ0v) is 19.9. The third-order valence-corrected chi connectivity index (χ3v) is 5.42. The van der Waals surface area contributed by atoms with Crippen molar-refractivity contribution >= 4 is 28.1 Å². The van der Waals surface area contributed by atoms with E-state index in [0.29, 0.717) is 37.3 Å². The number of rotatable bonds is 13. The maximum Gasteiger partial charge on any atom is 0.255 e. The number of amides is 1. The number of methoxy groups -OCH3 is 1. The van der Waals surface area contributed by atoms with Crippen molar-refractivity contribution in [1.82, 2.24) is 5.32 Å². The highest BCUT2D eigenvalue weighted by molar-refractivity contribution is 6.06. The van der Waals surface area contributed by atoms with Crippen LogP contribution in [0.2, 0.25) is 0 Å². The number of azo groups is 1. The average molecular weight is 464 g/mol. The van der Waals surface area contributed by atoms with Crippen LogP contribution in [0.15, 0.2) is 64.8 Å². The van der Waals surface area contributed by atoms with Crippen molar-refractivity contribution in [2.45, 2.75) is 39.0 Å². The van der Waals surface area contributed by atoms with Crippen LogP contribution < -0.4 is 10.1 Å². The van der Waals surface area contributed by atoms with Gasteiger partial charge in [-0.25, -0.2) is 0 Å². The Labute approximate surface area is 200 Å². The van der Waals surface area contributed by atoms with Gasteiger partial charge in [0.1, 0.15) is 11.4 Å². The van der Waals surface area contributed by atoms with Crippen LogP contribution in [-0.4, -0.2) is 37.9 Å². The molecule has 0 saturated heterocycles. The van der Waals surface area contributed by atoms with E-state index in [-0.39, 0.29) is 22.9 Å². The average Bonchev–Trinajstić information content (AvgIpc) is 2.86. The van der Waals surface area contributed by atoms with Crippen LogP contribution in [0, 0.1) is 0 Å². The molecule has 3 aromatic carbocycles. The molecule has 0 spiro atoms. The highest BCUT2D eigenvalue weighted by Crippen LogP contribution is 2.39. The molecule has 0 aliphatic heterocycles. The molecule has 0 aromatic heterocycles. The van der Waals surface area contributed by atoms with Crippen molar-refractivity contribution in [3.05, 3.63) is 60.2 Å². The topological polar surface area (TPSA) is 92.5 Å². The van der Waals surface area contributed by atoms with Crippen LogP contribution in [0.4, 0.5) is 11.4 Å². The minimum atomic E-state index is -0.365. The zero-order valence-electron chi connectivity index (χ0n) is 19.9. The highest BCUT2D eigenvalue weighted by Gasteiger charge is 2.18. The summed E-state index contributed by atoms with van der Waals surface area (Å²) in [4.78, 5) is 12.7. The van der Waals surface area contributed by atoms with Gasteiger partial charge >= 0.3 is 0 Å². The van der Waals surface area contributed by atoms with Gasteiger partial charge in [-0.3, -0.25) is 4.79 Å². The molecule has 34 heavy (non-hydrogen) atoms. The molecule has 0 unspecified atom stereocenters. The van der Waals surface area contributed by atoms with Crippen molar-refractivity contribution in [3.63, 3.8) is 0 Å². The summed E-state index contributed by atoms with van der Waals surface area (Å²) in [5.41, 5.74) is 1.05. The van der Waals surface area contributed by atoms with Gasteiger partial charge in [0.25, 0.3) is 5.91 Å². The summed E-state index contributed by atoms with van der Waals surface area (Å²) in [6.45, 7) is 3.88. The van der Waals surface area contributed by atoms with Crippen LogP contribution in [0.1, 0.15) is 49.4 Å². The summed E-state index contributed by atoms with van der Waals surface area (Å²) in [5, 5.41) is 23.8. The van der Waals surface area contributed by atoms with E-state index in [2.05, 4.69) is 22.5 Å². The Kier molecular flexibility index (Phi) is 9.85. The number of carbonyl (C=O) groups excluding carboxylic acids is 1. The molecule has 0 radical (unpaired) electrons. The Morgan fingerprint density at radius 1 is 0.971 bits per heavy atom. The van der Waals surface area contributed by atoms with Crippen molar-refractivity contribution in [2.75, 3.05) is 26.9 Å². The minimum absolute atomic E-state index is 0.164. The lowest BCUT2D eigenvalue weighted by molar-refractivity contribution is 0.0946. The van der Waals surface area contributed by atoms with Crippen LogP contribution in [0.3, 0.4) is 0 Å². The lowest BCUT2D eigenvalue weighted by Crippen LogP contribution is -2.25. The minimum Gasteiger partial charge on any atom is -0.505 e. The molecule has 3 rings (SSSR count). The Hall–Kier alpha value is -3.45. The number of hydrogen-bond donors (Lipinski definition) is 2. The Morgan fingerprint density at radius 3 is 2.53 bits per heavy atom. The Balaban J connectivity index is 1.76. The molecule has 0 aliphatic rings. The third-order valence-electron chi connectivity index (χ3n) is 5.42. The first kappa shape index (κ1) is 25.2. The fraction of sp³-hybridized carbons (Fsp3) is 0.370. The molecule has 0 heterocycles. The number of nitrogens with zero attached hydrogens (tertiary/aromatic N) is 2. The molecule has 3 aromatic rings. The first-order chi connectivity index (χ1) is 16.6. The number of fused-ring (bicyclic) bond motifs is 1. The first-order valence-electron chi connectivity index (χ1n) is 11.8. The molecule has 0 aliphatic carbocycles. The van der Waals surface area contributed by atoms with E-state index in [4.69, 9.17) is 9.47 Å². The third kappa shape index (κ3) is 7.02. The van der Waals surface area contributed by atoms with Crippen LogP contribution in [-0.2, 0) is 4.74 Å². The van der Waals surface area contributed by atoms with Gasteiger partial charge in [0.15, 0.2) is 5.75 Å². The lowest BCUT2D eigenvalue weighted by Gasteiger charge is -2.11. The fourth-order valence-electron chi connectivity index (χ4n) is 3.54. The predicted molar refractivity (Wildman–Crippen MR) is 135 cm³/mol. The van der Waals surface area contributed by atoms with E-state index in [0.717, 1.165) is 17.6 Å². The molecule has 1 amide bonds. The normalized spacial score (nSPS) is 11.2. The monoisotopic (exact) mass is 463 g/mol. The molecule has 0 fully saturated rings. The standard InChI is InChI=1S/C27H33N3O4/c1-3-4-5-8-18-34-22-14-12-21(13-15-22)29-30-25-23-11-7-6-10-20(23)19-24(26(25)31)27(32)28-16-9-17-33-2/h6-7,10-15,19,31H,3-5,8-9,16-18H2,1-2H3,(H,28,32). The summed E-state index contributed by atoms with van der Waals surface area (Å²) in [6, 6.07) is 16.5. The van der Waals surface area contributed by atoms with Crippen molar-refractivity contribution in [2.24, 2.45) is 10.2 Å². The molecular weight excluding hydrogens is 430 g/mol. The van der Waals surface area contributed by atoms with E-state index in [1.165, 1.54) is 19.3 Å². The summed E-state index contributed by atoms with van der Waals surface area (Å²) in [5.74, 6) is 0.228. The van der Waals surface area contributed by atoms with Crippen molar-refractivity contribution < 1.29 is 19.4 Å². The summed E-state index contributed by atoms with van der Waals surface area (Å²) in [6.07, 6.45) is 5.32. The van der Waals surface area contributed by atoms with Gasteiger partial charge in [0, 0.05) is 25.6 Å². The molecule has 7 heteroatoms. The van der Waals surface area contributed by atoms with E-state index in [1.807, 2.05) is 48.5 Å². The molecule has 2 N–H and O–H groups in total. The molecular formula is C27H33N3O4. The number of phenolic OH excluding ortho intramolecular Hbond substituents is 1. The van der Waals surface area contributed by atoms with Gasteiger partial charge in [-0.2, -0.15) is 5.11 Å². The SMILES string of the molecule is CCCCCCOc1ccc(N=Nc2c(O)c(C(=O)NCCCOC)cc3ccccc23)cc1. The number of unbranched alkanes of at least 4 members (excludes halogenated alkanes) is 3. The van der Waals surface area contributed by atoms with Crippen molar-refractivity contribution in [1.29, 1.82) is 0 Å². The van der Waals surface area contributed by atoms with Crippen molar-refractivity contribution in [3.8, 4) is 11.5 Å². The second-order valence-electron chi connectivity index (χ2n) is 8.05. The lowest BCUT2D eigenvalue weighted by atomic mass is 10.0. The second-order valence-corrected chi connectivity index (χ2v) is 8.05. The predicted octanol–water partition coefficient (Wildman–Crippen LogP) is 6.69. The molecule has 0 saturated carbocycles. The van der Waals surface area contributed by atoms with Gasteiger partial charge in [-0.1, -0.05) is 50.5 Å². The Morgan fingerprint density at radius 2 is 1.76 bits per heavy atom. The van der Waals surface area contributed by atoms with Gasteiger partial charge in [-0.15, -0.1) is 5.11 Å². The number of hydrogen-bond acceptors (Lipinski definition) is 6. The van der Waals surface area contributed by atoms with Gasteiger partial charge < -0.3 is 19.9 Å². The first-order valence-corrected chi connectivity index (χ1v) is 11.8. The fourth-order valence-corrected chi connectivity index (χ4v) is 3.54. The van der Waals surface area contributed by atoms with E-state index >= 15 is 0 Å². The number of ether oxygens (including phenoxy) is 2. The summed E-state index contributed by atoms with van der Waals surface area (Å²) < 4.78 is 10.8. The van der Waals surface area contributed by atoms with Crippen LogP contribution in [0.5, 0.6) is 11.5 Å². The summed E-state index contributed by atoms with van der Waals surface area (Å²) >= 11 is 0. The van der Waals surface area contributed by atoms with Gasteiger partial charge in [0.2, 0.25) is 0 Å². The van der Waals surface area contributed by atoms with E-state index < -0.39 is 0 Å². The zero-order chi connectivity index (χ0) is 24.2. The molecule has 180 valence electrons. The number of carbonyl (C=O) groups is 1. The Bertz CT molecular complexity index is 1100. The quantitative estimate of drug-likeness (QED) is 0.218. The number of phenols is 1. The number of nitrogens with one attached hydrogen (secondary N) is 1. The van der Waals surface area contributed by atoms with E-state index in [9.17, 15) is 9.90 Å². The van der Waals surface area contributed by atoms with Gasteiger partial charge in [0.05, 0.1) is 17.9 Å². The highest BCUT2D eigenvalue weighted by atomic mass is 16.5. The largest absolute Gasteiger partial charge is 0.505 e. The maximum absolute atomic E-state index is 12.7. The van der Waals surface area contributed by atoms with Gasteiger partial charge in [-0.05, 0) is 48.6 Å². The second kappa shape index (κ2) is 13.3. The number of benzene rings is 3. The smallest absolute Gasteiger partial charge is 0.255 e.